The summed E-state index contributed by atoms with van der Waals surface area (Å²) in [4.78, 5) is 37.2. The Hall–Kier alpha value is -2.37. The topological polar surface area (TPSA) is 86.7 Å². The van der Waals surface area contributed by atoms with Crippen molar-refractivity contribution >= 4 is 17.8 Å². The molecule has 2 N–H and O–H groups in total. The third-order valence-corrected chi connectivity index (χ3v) is 4.31. The highest BCUT2D eigenvalue weighted by Gasteiger charge is 2.36. The number of likely N-dealkylation sites (tertiary alicyclic amines) is 1. The standard InChI is InChI=1S/C17H22N2O4/c1-3-19-10-13(9-14(19)20)16(21)18-15(11(2)17(22)23)12-7-5-4-6-8-12/h4-8,11,13,15H,3,9-10H2,1-2H3,(H,18,21)(H,22,23). The highest BCUT2D eigenvalue weighted by atomic mass is 16.4. The van der Waals surface area contributed by atoms with Crippen molar-refractivity contribution in [2.75, 3.05) is 13.1 Å². The Morgan fingerprint density at radius 1 is 1.35 bits per heavy atom. The monoisotopic (exact) mass is 318 g/mol. The molecule has 1 saturated heterocycles. The molecule has 0 saturated carbocycles. The Morgan fingerprint density at radius 2 is 2.00 bits per heavy atom. The lowest BCUT2D eigenvalue weighted by Crippen LogP contribution is -2.39. The van der Waals surface area contributed by atoms with Crippen LogP contribution in [-0.2, 0) is 14.4 Å². The van der Waals surface area contributed by atoms with Crippen molar-refractivity contribution in [2.45, 2.75) is 26.3 Å². The average molecular weight is 318 g/mol. The van der Waals surface area contributed by atoms with E-state index in [1.807, 2.05) is 13.0 Å². The summed E-state index contributed by atoms with van der Waals surface area (Å²) < 4.78 is 0. The van der Waals surface area contributed by atoms with E-state index in [-0.39, 0.29) is 18.2 Å². The second-order valence-corrected chi connectivity index (χ2v) is 5.86. The van der Waals surface area contributed by atoms with Crippen molar-refractivity contribution in [2.24, 2.45) is 11.8 Å². The van der Waals surface area contributed by atoms with Gasteiger partial charge >= 0.3 is 5.97 Å². The molecule has 2 rings (SSSR count). The Labute approximate surface area is 135 Å². The van der Waals surface area contributed by atoms with E-state index < -0.39 is 23.8 Å². The number of rotatable bonds is 6. The molecule has 6 heteroatoms. The summed E-state index contributed by atoms with van der Waals surface area (Å²) in [5, 5.41) is 12.1. The van der Waals surface area contributed by atoms with Crippen LogP contribution in [0.4, 0.5) is 0 Å². The molecule has 1 aliphatic rings. The van der Waals surface area contributed by atoms with Gasteiger partial charge in [-0.05, 0) is 19.4 Å². The fraction of sp³-hybridized carbons (Fsp3) is 0.471. The molecule has 0 bridgehead atoms. The zero-order valence-corrected chi connectivity index (χ0v) is 13.4. The third-order valence-electron chi connectivity index (χ3n) is 4.31. The van der Waals surface area contributed by atoms with Crippen molar-refractivity contribution in [3.63, 3.8) is 0 Å². The molecule has 3 unspecified atom stereocenters. The summed E-state index contributed by atoms with van der Waals surface area (Å²) in [5.41, 5.74) is 0.743. The molecule has 0 aliphatic carbocycles. The van der Waals surface area contributed by atoms with Gasteiger partial charge in [0.1, 0.15) is 0 Å². The average Bonchev–Trinajstić information content (AvgIpc) is 2.93. The van der Waals surface area contributed by atoms with Crippen molar-refractivity contribution in [1.82, 2.24) is 10.2 Å². The fourth-order valence-corrected chi connectivity index (χ4v) is 2.82. The quantitative estimate of drug-likeness (QED) is 0.831. The molecule has 3 atom stereocenters. The number of carboxylic acid groups (broad SMARTS) is 1. The first-order valence-corrected chi connectivity index (χ1v) is 7.80. The first-order chi connectivity index (χ1) is 10.9. The maximum atomic E-state index is 12.5. The molecule has 1 aromatic rings. The van der Waals surface area contributed by atoms with Crippen LogP contribution in [0.25, 0.3) is 0 Å². The summed E-state index contributed by atoms with van der Waals surface area (Å²) in [5.74, 6) is -2.46. The molecule has 124 valence electrons. The number of carbonyl (C=O) groups is 3. The van der Waals surface area contributed by atoms with Crippen LogP contribution < -0.4 is 5.32 Å². The maximum Gasteiger partial charge on any atom is 0.308 e. The van der Waals surface area contributed by atoms with Crippen molar-refractivity contribution < 1.29 is 19.5 Å². The minimum Gasteiger partial charge on any atom is -0.481 e. The highest BCUT2D eigenvalue weighted by Crippen LogP contribution is 2.24. The molecule has 0 aromatic heterocycles. The lowest BCUT2D eigenvalue weighted by molar-refractivity contribution is -0.142. The van der Waals surface area contributed by atoms with E-state index in [4.69, 9.17) is 0 Å². The molecule has 2 amide bonds. The van der Waals surface area contributed by atoms with E-state index in [1.54, 1.807) is 36.1 Å². The zero-order chi connectivity index (χ0) is 17.0. The van der Waals surface area contributed by atoms with Gasteiger partial charge in [-0.2, -0.15) is 0 Å². The molecule has 1 heterocycles. The molecule has 0 spiro atoms. The van der Waals surface area contributed by atoms with E-state index in [0.717, 1.165) is 5.56 Å². The minimum absolute atomic E-state index is 0.0322. The van der Waals surface area contributed by atoms with Crippen LogP contribution in [0, 0.1) is 11.8 Å². The second kappa shape index (κ2) is 7.26. The number of aliphatic carboxylic acids is 1. The van der Waals surface area contributed by atoms with Gasteiger partial charge in [-0.25, -0.2) is 0 Å². The molecule has 23 heavy (non-hydrogen) atoms. The molecule has 0 radical (unpaired) electrons. The first-order valence-electron chi connectivity index (χ1n) is 7.80. The number of hydrogen-bond acceptors (Lipinski definition) is 3. The summed E-state index contributed by atoms with van der Waals surface area (Å²) in [6, 6.07) is 8.42. The fourth-order valence-electron chi connectivity index (χ4n) is 2.82. The Balaban J connectivity index is 2.13. The van der Waals surface area contributed by atoms with E-state index >= 15 is 0 Å². The van der Waals surface area contributed by atoms with Gasteiger partial charge in [-0.3, -0.25) is 14.4 Å². The number of benzene rings is 1. The van der Waals surface area contributed by atoms with Crippen LogP contribution in [0.1, 0.15) is 31.9 Å². The van der Waals surface area contributed by atoms with Gasteiger partial charge in [0, 0.05) is 19.5 Å². The molecule has 1 aromatic carbocycles. The van der Waals surface area contributed by atoms with E-state index in [0.29, 0.717) is 13.1 Å². The summed E-state index contributed by atoms with van der Waals surface area (Å²) in [6.45, 7) is 4.41. The molecular weight excluding hydrogens is 296 g/mol. The predicted molar refractivity (Wildman–Crippen MR) is 84.5 cm³/mol. The normalized spacial score (nSPS) is 20.2. The van der Waals surface area contributed by atoms with Crippen LogP contribution in [0.5, 0.6) is 0 Å². The number of nitrogens with one attached hydrogen (secondary N) is 1. The highest BCUT2D eigenvalue weighted by molar-refractivity contribution is 5.89. The largest absolute Gasteiger partial charge is 0.481 e. The van der Waals surface area contributed by atoms with E-state index in [2.05, 4.69) is 5.32 Å². The van der Waals surface area contributed by atoms with Gasteiger partial charge in [-0.15, -0.1) is 0 Å². The third kappa shape index (κ3) is 3.88. The second-order valence-electron chi connectivity index (χ2n) is 5.86. The lowest BCUT2D eigenvalue weighted by atomic mass is 9.93. The van der Waals surface area contributed by atoms with Crippen LogP contribution in [0.2, 0.25) is 0 Å². The summed E-state index contributed by atoms with van der Waals surface area (Å²) >= 11 is 0. The zero-order valence-electron chi connectivity index (χ0n) is 13.4. The molecule has 1 fully saturated rings. The number of carbonyl (C=O) groups excluding carboxylic acids is 2. The number of carboxylic acids is 1. The van der Waals surface area contributed by atoms with Crippen molar-refractivity contribution in [3.05, 3.63) is 35.9 Å². The first kappa shape index (κ1) is 17.0. The van der Waals surface area contributed by atoms with E-state index in [9.17, 15) is 19.5 Å². The van der Waals surface area contributed by atoms with Gasteiger partial charge in [0.05, 0.1) is 17.9 Å². The van der Waals surface area contributed by atoms with Crippen molar-refractivity contribution in [1.29, 1.82) is 0 Å². The van der Waals surface area contributed by atoms with Crippen LogP contribution in [-0.4, -0.2) is 40.9 Å². The molecule has 1 aliphatic heterocycles. The Kier molecular flexibility index (Phi) is 5.36. The van der Waals surface area contributed by atoms with Gasteiger partial charge in [0.15, 0.2) is 0 Å². The predicted octanol–water partition coefficient (Wildman–Crippen LogP) is 1.43. The number of hydrogen-bond donors (Lipinski definition) is 2. The number of amides is 2. The van der Waals surface area contributed by atoms with Crippen molar-refractivity contribution in [3.8, 4) is 0 Å². The van der Waals surface area contributed by atoms with Gasteiger partial charge in [0.2, 0.25) is 11.8 Å². The Bertz CT molecular complexity index is 588. The smallest absolute Gasteiger partial charge is 0.308 e. The van der Waals surface area contributed by atoms with Gasteiger partial charge in [0.25, 0.3) is 0 Å². The maximum absolute atomic E-state index is 12.5. The van der Waals surface area contributed by atoms with Crippen LogP contribution >= 0.6 is 0 Å². The minimum atomic E-state index is -0.975. The van der Waals surface area contributed by atoms with E-state index in [1.165, 1.54) is 0 Å². The summed E-state index contributed by atoms with van der Waals surface area (Å²) in [7, 11) is 0. The Morgan fingerprint density at radius 3 is 2.52 bits per heavy atom. The molecular formula is C17H22N2O4. The van der Waals surface area contributed by atoms with Gasteiger partial charge in [-0.1, -0.05) is 30.3 Å². The van der Waals surface area contributed by atoms with Crippen LogP contribution in [0.3, 0.4) is 0 Å². The summed E-state index contributed by atoms with van der Waals surface area (Å²) in [6.07, 6.45) is 0.183. The van der Waals surface area contributed by atoms with Gasteiger partial charge < -0.3 is 15.3 Å². The lowest BCUT2D eigenvalue weighted by Gasteiger charge is -2.24. The SMILES string of the molecule is CCN1CC(C(=O)NC(c2ccccc2)C(C)C(=O)O)CC1=O. The molecule has 6 nitrogen and oxygen atoms in total. The number of nitrogens with zero attached hydrogens (tertiary/aromatic N) is 1. The van der Waals surface area contributed by atoms with Crippen LogP contribution in [0.15, 0.2) is 30.3 Å².